The van der Waals surface area contributed by atoms with E-state index >= 15 is 0 Å². The molecule has 0 bridgehead atoms. The summed E-state index contributed by atoms with van der Waals surface area (Å²) in [5.41, 5.74) is 2.36. The molecule has 29 heavy (non-hydrogen) atoms. The third kappa shape index (κ3) is 6.74. The summed E-state index contributed by atoms with van der Waals surface area (Å²) in [5.74, 6) is 0.332. The Morgan fingerprint density at radius 2 is 1.62 bits per heavy atom. The predicted molar refractivity (Wildman–Crippen MR) is 113 cm³/mol. The van der Waals surface area contributed by atoms with Crippen molar-refractivity contribution in [2.45, 2.75) is 19.3 Å². The molecule has 1 amide bonds. The van der Waals surface area contributed by atoms with Crippen molar-refractivity contribution in [3.63, 3.8) is 0 Å². The lowest BCUT2D eigenvalue weighted by Gasteiger charge is -2.32. The summed E-state index contributed by atoms with van der Waals surface area (Å²) in [7, 11) is -3.30. The van der Waals surface area contributed by atoms with Gasteiger partial charge in [-0.2, -0.15) is 0 Å². The lowest BCUT2D eigenvalue weighted by molar-refractivity contribution is -0.130. The Balaban J connectivity index is 1.42. The van der Waals surface area contributed by atoms with E-state index in [9.17, 15) is 17.6 Å². The van der Waals surface area contributed by atoms with Crippen LogP contribution >= 0.6 is 0 Å². The van der Waals surface area contributed by atoms with Gasteiger partial charge in [0.2, 0.25) is 15.9 Å². The maximum Gasteiger partial charge on any atom is 0.241 e. The predicted octanol–water partition coefficient (Wildman–Crippen LogP) is 3.09. The molecule has 2 N–H and O–H groups in total. The molecule has 0 saturated carbocycles. The molecule has 1 heterocycles. The third-order valence-corrected chi connectivity index (χ3v) is 5.64. The molecule has 2 aromatic carbocycles. The van der Waals surface area contributed by atoms with Crippen molar-refractivity contribution in [3.05, 3.63) is 59.9 Å². The zero-order chi connectivity index (χ0) is 20.9. The Kier molecular flexibility index (Phi) is 6.74. The molecule has 0 unspecified atom stereocenters. The summed E-state index contributed by atoms with van der Waals surface area (Å²) >= 11 is 0. The number of hydrogen-bond acceptors (Lipinski definition) is 4. The topological polar surface area (TPSA) is 78.5 Å². The van der Waals surface area contributed by atoms with Gasteiger partial charge in [0, 0.05) is 24.5 Å². The fourth-order valence-corrected chi connectivity index (χ4v) is 4.06. The molecule has 3 rings (SSSR count). The van der Waals surface area contributed by atoms with Crippen LogP contribution in [0.2, 0.25) is 0 Å². The summed E-state index contributed by atoms with van der Waals surface area (Å²) in [4.78, 5) is 14.3. The Morgan fingerprint density at radius 3 is 2.21 bits per heavy atom. The summed E-state index contributed by atoms with van der Waals surface area (Å²) in [6.45, 7) is 1.65. The summed E-state index contributed by atoms with van der Waals surface area (Å²) in [5, 5.41) is 3.08. The van der Waals surface area contributed by atoms with E-state index in [1.54, 1.807) is 24.3 Å². The van der Waals surface area contributed by atoms with Crippen LogP contribution in [-0.4, -0.2) is 45.1 Å². The number of halogens is 1. The zero-order valence-electron chi connectivity index (χ0n) is 16.4. The first-order chi connectivity index (χ1) is 13.8. The molecule has 2 aromatic rings. The van der Waals surface area contributed by atoms with Crippen molar-refractivity contribution in [2.75, 3.05) is 35.9 Å². The molecule has 6 nitrogen and oxygen atoms in total. The molecule has 0 aromatic heterocycles. The van der Waals surface area contributed by atoms with Gasteiger partial charge in [0.25, 0.3) is 0 Å². The fraction of sp³-hybridized carbons (Fsp3) is 0.381. The van der Waals surface area contributed by atoms with E-state index in [-0.39, 0.29) is 18.3 Å². The van der Waals surface area contributed by atoms with E-state index in [4.69, 9.17) is 0 Å². The average molecular weight is 420 g/mol. The van der Waals surface area contributed by atoms with Gasteiger partial charge in [-0.15, -0.1) is 0 Å². The minimum atomic E-state index is -3.30. The van der Waals surface area contributed by atoms with Gasteiger partial charge < -0.3 is 10.2 Å². The minimum absolute atomic E-state index is 0.0450. The van der Waals surface area contributed by atoms with E-state index in [0.717, 1.165) is 49.9 Å². The van der Waals surface area contributed by atoms with Crippen LogP contribution in [0.4, 0.5) is 15.8 Å². The van der Waals surface area contributed by atoms with Gasteiger partial charge >= 0.3 is 0 Å². The molecule has 0 aliphatic carbocycles. The number of anilines is 2. The van der Waals surface area contributed by atoms with Crippen molar-refractivity contribution >= 4 is 27.3 Å². The van der Waals surface area contributed by atoms with E-state index in [0.29, 0.717) is 11.6 Å². The Morgan fingerprint density at radius 1 is 1.03 bits per heavy atom. The monoisotopic (exact) mass is 419 g/mol. The smallest absolute Gasteiger partial charge is 0.241 e. The maximum absolute atomic E-state index is 13.0. The first kappa shape index (κ1) is 21.1. The fourth-order valence-electron chi connectivity index (χ4n) is 3.50. The van der Waals surface area contributed by atoms with Crippen LogP contribution in [0, 0.1) is 11.7 Å². The second kappa shape index (κ2) is 9.26. The second-order valence-electron chi connectivity index (χ2n) is 7.46. The van der Waals surface area contributed by atoms with Crippen LogP contribution < -0.4 is 10.0 Å². The highest BCUT2D eigenvalue weighted by Gasteiger charge is 2.22. The lowest BCUT2D eigenvalue weighted by Crippen LogP contribution is -2.41. The summed E-state index contributed by atoms with van der Waals surface area (Å²) < 4.78 is 37.9. The highest BCUT2D eigenvalue weighted by Crippen LogP contribution is 2.22. The lowest BCUT2D eigenvalue weighted by atomic mass is 9.90. The zero-order valence-corrected chi connectivity index (χ0v) is 17.2. The van der Waals surface area contributed by atoms with Crippen molar-refractivity contribution in [1.82, 2.24) is 4.90 Å². The molecule has 8 heteroatoms. The van der Waals surface area contributed by atoms with Crippen LogP contribution in [-0.2, 0) is 21.2 Å². The van der Waals surface area contributed by atoms with Gasteiger partial charge in [0.15, 0.2) is 0 Å². The number of benzene rings is 2. The molecule has 1 aliphatic heterocycles. The van der Waals surface area contributed by atoms with Crippen molar-refractivity contribution < 1.29 is 17.6 Å². The SMILES string of the molecule is CS(=O)(=O)Nc1ccc(NCC(=O)N2CCC(Cc3ccc(F)cc3)CC2)cc1. The standard InChI is InChI=1S/C21H26FN3O3S/c1-29(27,28)24-20-8-6-19(7-9-20)23-15-21(26)25-12-10-17(11-13-25)14-16-2-4-18(22)5-3-16/h2-9,17,23-24H,10-15H2,1H3. The van der Waals surface area contributed by atoms with Gasteiger partial charge in [-0.05, 0) is 67.1 Å². The molecular weight excluding hydrogens is 393 g/mol. The van der Waals surface area contributed by atoms with E-state index in [2.05, 4.69) is 10.0 Å². The average Bonchev–Trinajstić information content (AvgIpc) is 2.68. The number of rotatable bonds is 7. The molecule has 1 fully saturated rings. The number of likely N-dealkylation sites (tertiary alicyclic amines) is 1. The number of carbonyl (C=O) groups excluding carboxylic acids is 1. The molecular formula is C21H26FN3O3S. The van der Waals surface area contributed by atoms with Gasteiger partial charge in [0.1, 0.15) is 5.82 Å². The number of nitrogens with one attached hydrogen (secondary N) is 2. The first-order valence-electron chi connectivity index (χ1n) is 9.62. The van der Waals surface area contributed by atoms with Crippen molar-refractivity contribution in [1.29, 1.82) is 0 Å². The van der Waals surface area contributed by atoms with Gasteiger partial charge in [0.05, 0.1) is 12.8 Å². The maximum atomic E-state index is 13.0. The molecule has 156 valence electrons. The number of sulfonamides is 1. The molecule has 0 atom stereocenters. The van der Waals surface area contributed by atoms with Crippen molar-refractivity contribution in [3.8, 4) is 0 Å². The minimum Gasteiger partial charge on any atom is -0.376 e. The molecule has 1 aliphatic rings. The second-order valence-corrected chi connectivity index (χ2v) is 9.21. The third-order valence-electron chi connectivity index (χ3n) is 5.04. The van der Waals surface area contributed by atoms with E-state index < -0.39 is 10.0 Å². The number of nitrogens with zero attached hydrogens (tertiary/aromatic N) is 1. The highest BCUT2D eigenvalue weighted by atomic mass is 32.2. The van der Waals surface area contributed by atoms with Crippen molar-refractivity contribution in [2.24, 2.45) is 5.92 Å². The van der Waals surface area contributed by atoms with Crippen LogP contribution in [0.3, 0.4) is 0 Å². The number of amides is 1. The van der Waals surface area contributed by atoms with Crippen LogP contribution in [0.5, 0.6) is 0 Å². The van der Waals surface area contributed by atoms with Crippen LogP contribution in [0.1, 0.15) is 18.4 Å². The molecule has 0 radical (unpaired) electrons. The van der Waals surface area contributed by atoms with Crippen LogP contribution in [0.25, 0.3) is 0 Å². The number of hydrogen-bond donors (Lipinski definition) is 2. The Labute approximate surface area is 171 Å². The Bertz CT molecular complexity index is 923. The summed E-state index contributed by atoms with van der Waals surface area (Å²) in [6.07, 6.45) is 3.89. The van der Waals surface area contributed by atoms with Crippen LogP contribution in [0.15, 0.2) is 48.5 Å². The largest absolute Gasteiger partial charge is 0.376 e. The molecule has 0 spiro atoms. The van der Waals surface area contributed by atoms with E-state index in [1.807, 2.05) is 17.0 Å². The number of piperidine rings is 1. The normalized spacial score (nSPS) is 15.2. The van der Waals surface area contributed by atoms with Gasteiger partial charge in [-0.3, -0.25) is 9.52 Å². The quantitative estimate of drug-likeness (QED) is 0.723. The first-order valence-corrected chi connectivity index (χ1v) is 11.5. The summed E-state index contributed by atoms with van der Waals surface area (Å²) in [6, 6.07) is 13.4. The Hall–Kier alpha value is -2.61. The van der Waals surface area contributed by atoms with Gasteiger partial charge in [-0.25, -0.2) is 12.8 Å². The number of carbonyl (C=O) groups is 1. The highest BCUT2D eigenvalue weighted by molar-refractivity contribution is 7.92. The molecule has 1 saturated heterocycles. The van der Waals surface area contributed by atoms with Gasteiger partial charge in [-0.1, -0.05) is 12.1 Å². The van der Waals surface area contributed by atoms with E-state index in [1.165, 1.54) is 12.1 Å².